The molecule has 2 fully saturated rings. The quantitative estimate of drug-likeness (QED) is 0.0750. The van der Waals surface area contributed by atoms with E-state index in [0.29, 0.717) is 49.9 Å². The Labute approximate surface area is 240 Å². The maximum absolute atomic E-state index is 12.0. The van der Waals surface area contributed by atoms with Gasteiger partial charge in [-0.05, 0) is 49.3 Å². The second kappa shape index (κ2) is 18.6. The molecule has 0 aromatic heterocycles. The zero-order valence-electron chi connectivity index (χ0n) is 22.9. The van der Waals surface area contributed by atoms with Crippen molar-refractivity contribution in [3.63, 3.8) is 0 Å². The predicted octanol–water partition coefficient (Wildman–Crippen LogP) is 1.87. The van der Waals surface area contributed by atoms with Crippen LogP contribution in [0.4, 0.5) is 4.79 Å². The Morgan fingerprint density at radius 1 is 0.821 bits per heavy atom. The van der Waals surface area contributed by atoms with Crippen molar-refractivity contribution in [2.24, 2.45) is 0 Å². The number of thioether (sulfide) groups is 1. The van der Waals surface area contributed by atoms with Crippen LogP contribution in [0, 0.1) is 0 Å². The lowest BCUT2D eigenvalue weighted by atomic mass is 10.0. The fraction of sp³-hybridized carbons (Fsp3) is 0.840. The van der Waals surface area contributed by atoms with Crippen molar-refractivity contribution < 1.29 is 27.6 Å². The summed E-state index contributed by atoms with van der Waals surface area (Å²) in [6.07, 6.45) is 10.3. The molecule has 2 aliphatic rings. The second-order valence-electron chi connectivity index (χ2n) is 10.1. The van der Waals surface area contributed by atoms with E-state index in [1.54, 1.807) is 0 Å². The molecule has 11 nitrogen and oxygen atoms in total. The van der Waals surface area contributed by atoms with Crippen molar-refractivity contribution >= 4 is 55.2 Å². The average Bonchev–Trinajstić information content (AvgIpc) is 3.42. The van der Waals surface area contributed by atoms with Gasteiger partial charge in [0, 0.05) is 61.9 Å². The van der Waals surface area contributed by atoms with Gasteiger partial charge in [0.15, 0.2) is 8.87 Å². The molecule has 3 atom stereocenters. The zero-order valence-corrected chi connectivity index (χ0v) is 25.4. The topological polar surface area (TPSA) is 163 Å². The molecule has 0 bridgehead atoms. The van der Waals surface area contributed by atoms with E-state index in [9.17, 15) is 27.6 Å². The number of hydrogen-bond acceptors (Lipinski definition) is 8. The normalized spacial score (nSPS) is 20.1. The molecule has 0 aliphatic carbocycles. The number of hydrogen-bond donors (Lipinski definition) is 5. The minimum atomic E-state index is -3.07. The van der Waals surface area contributed by atoms with Gasteiger partial charge in [-0.2, -0.15) is 11.8 Å². The van der Waals surface area contributed by atoms with Crippen LogP contribution < -0.4 is 26.6 Å². The van der Waals surface area contributed by atoms with E-state index in [2.05, 4.69) is 26.6 Å². The number of rotatable bonds is 21. The molecular weight excluding hydrogens is 563 g/mol. The number of amides is 5. The SMILES string of the molecule is CS(=O)(=O)SCCNC(=O)CCCCCNC(=O)CCCCCNC(=O)CCCCC1SCC2NC(=O)NC21. The highest BCUT2D eigenvalue weighted by Gasteiger charge is 2.42. The largest absolute Gasteiger partial charge is 0.356 e. The van der Waals surface area contributed by atoms with Gasteiger partial charge in [0.25, 0.3) is 0 Å². The summed E-state index contributed by atoms with van der Waals surface area (Å²) in [5.74, 6) is 1.31. The van der Waals surface area contributed by atoms with Crippen LogP contribution in [0.2, 0.25) is 0 Å². The van der Waals surface area contributed by atoms with E-state index in [1.165, 1.54) is 0 Å². The van der Waals surface area contributed by atoms with Gasteiger partial charge in [-0.1, -0.05) is 19.3 Å². The van der Waals surface area contributed by atoms with Gasteiger partial charge in [0.2, 0.25) is 17.7 Å². The van der Waals surface area contributed by atoms with Crippen LogP contribution in [0.15, 0.2) is 0 Å². The van der Waals surface area contributed by atoms with Crippen LogP contribution in [0.5, 0.6) is 0 Å². The van der Waals surface area contributed by atoms with Crippen molar-refractivity contribution in [2.45, 2.75) is 94.4 Å². The molecular formula is C25H45N5O6S3. The monoisotopic (exact) mass is 607 g/mol. The third kappa shape index (κ3) is 15.6. The third-order valence-electron chi connectivity index (χ3n) is 6.61. The maximum atomic E-state index is 12.0. The molecule has 0 spiro atoms. The van der Waals surface area contributed by atoms with E-state index in [1.807, 2.05) is 11.8 Å². The number of unbranched alkanes of at least 4 members (excludes halogenated alkanes) is 5. The van der Waals surface area contributed by atoms with Gasteiger partial charge in [-0.3, -0.25) is 14.4 Å². The summed E-state index contributed by atoms with van der Waals surface area (Å²) in [6.45, 7) is 1.56. The van der Waals surface area contributed by atoms with Crippen molar-refractivity contribution in [1.82, 2.24) is 26.6 Å². The first-order valence-corrected chi connectivity index (χ1v) is 18.4. The second-order valence-corrected chi connectivity index (χ2v) is 15.9. The van der Waals surface area contributed by atoms with Crippen LogP contribution in [-0.4, -0.2) is 86.9 Å². The summed E-state index contributed by atoms with van der Waals surface area (Å²) >= 11 is 1.90. The van der Waals surface area contributed by atoms with Crippen molar-refractivity contribution in [1.29, 1.82) is 0 Å². The van der Waals surface area contributed by atoms with E-state index in [0.717, 1.165) is 80.6 Å². The van der Waals surface area contributed by atoms with Gasteiger partial charge >= 0.3 is 6.03 Å². The number of nitrogens with one attached hydrogen (secondary N) is 5. The number of fused-ring (bicyclic) bond motifs is 1. The average molecular weight is 608 g/mol. The molecule has 0 aromatic carbocycles. The Morgan fingerprint density at radius 2 is 1.36 bits per heavy atom. The predicted molar refractivity (Wildman–Crippen MR) is 157 cm³/mol. The standard InChI is InChI=1S/C25H45N5O6S3/c1-39(35,36)38-17-16-28-23(33)12-5-3-9-14-26-21(31)11-4-2-8-15-27-22(32)13-7-6-10-20-24-19(18-37-20)29-25(34)30-24/h19-20,24H,2-18H2,1H3,(H,26,31)(H,27,32)(H,28,33)(H2,29,30,34). The molecule has 0 saturated carbocycles. The highest BCUT2D eigenvalue weighted by Crippen LogP contribution is 2.33. The first-order valence-electron chi connectivity index (χ1n) is 14.0. The lowest BCUT2D eigenvalue weighted by Gasteiger charge is -2.16. The Bertz CT molecular complexity index is 905. The zero-order chi connectivity index (χ0) is 28.5. The van der Waals surface area contributed by atoms with Crippen molar-refractivity contribution in [2.75, 3.05) is 37.4 Å². The van der Waals surface area contributed by atoms with Gasteiger partial charge in [0.1, 0.15) is 0 Å². The highest BCUT2D eigenvalue weighted by atomic mass is 33.1. The highest BCUT2D eigenvalue weighted by molar-refractivity contribution is 8.71. The fourth-order valence-electron chi connectivity index (χ4n) is 4.55. The molecule has 2 saturated heterocycles. The molecule has 5 N–H and O–H groups in total. The molecule has 3 unspecified atom stereocenters. The van der Waals surface area contributed by atoms with Crippen molar-refractivity contribution in [3.8, 4) is 0 Å². The fourth-order valence-corrected chi connectivity index (χ4v) is 7.74. The summed E-state index contributed by atoms with van der Waals surface area (Å²) in [5, 5.41) is 14.9. The minimum absolute atomic E-state index is 0.0276. The Balaban J connectivity index is 1.32. The summed E-state index contributed by atoms with van der Waals surface area (Å²) in [7, 11) is -2.25. The Morgan fingerprint density at radius 3 is 1.92 bits per heavy atom. The number of carbonyl (C=O) groups excluding carboxylic acids is 4. The van der Waals surface area contributed by atoms with Crippen LogP contribution in [0.3, 0.4) is 0 Å². The minimum Gasteiger partial charge on any atom is -0.356 e. The first kappa shape index (κ1) is 33.5. The van der Waals surface area contributed by atoms with E-state index in [4.69, 9.17) is 0 Å². The van der Waals surface area contributed by atoms with E-state index in [-0.39, 0.29) is 35.8 Å². The maximum Gasteiger partial charge on any atom is 0.315 e. The lowest BCUT2D eigenvalue weighted by molar-refractivity contribution is -0.122. The summed E-state index contributed by atoms with van der Waals surface area (Å²) in [6, 6.07) is 0.396. The smallest absolute Gasteiger partial charge is 0.315 e. The molecule has 2 rings (SSSR count). The molecule has 14 heteroatoms. The van der Waals surface area contributed by atoms with Crippen LogP contribution in [-0.2, 0) is 23.3 Å². The molecule has 2 aliphatic heterocycles. The van der Waals surface area contributed by atoms with Crippen molar-refractivity contribution in [3.05, 3.63) is 0 Å². The Hall–Kier alpha value is -1.67. The summed E-state index contributed by atoms with van der Waals surface area (Å²) in [4.78, 5) is 47.1. The van der Waals surface area contributed by atoms with Crippen LogP contribution >= 0.6 is 22.6 Å². The Kier molecular flexibility index (Phi) is 16.0. The van der Waals surface area contributed by atoms with E-state index >= 15 is 0 Å². The molecule has 2 heterocycles. The van der Waals surface area contributed by atoms with Crippen LogP contribution in [0.1, 0.15) is 77.0 Å². The first-order chi connectivity index (χ1) is 18.6. The van der Waals surface area contributed by atoms with Gasteiger partial charge in [-0.25, -0.2) is 13.2 Å². The van der Waals surface area contributed by atoms with Gasteiger partial charge in [0.05, 0.1) is 12.1 Å². The molecule has 39 heavy (non-hydrogen) atoms. The lowest BCUT2D eigenvalue weighted by Crippen LogP contribution is -2.36. The summed E-state index contributed by atoms with van der Waals surface area (Å²) in [5.41, 5.74) is 0. The number of carbonyl (C=O) groups is 4. The van der Waals surface area contributed by atoms with Crippen LogP contribution in [0.25, 0.3) is 0 Å². The molecule has 0 radical (unpaired) electrons. The third-order valence-corrected chi connectivity index (χ3v) is 10.7. The molecule has 5 amide bonds. The molecule has 224 valence electrons. The van der Waals surface area contributed by atoms with E-state index < -0.39 is 8.87 Å². The van der Waals surface area contributed by atoms with Gasteiger partial charge < -0.3 is 26.6 Å². The van der Waals surface area contributed by atoms with Gasteiger partial charge in [-0.15, -0.1) is 0 Å². The number of urea groups is 1. The molecule has 0 aromatic rings. The summed E-state index contributed by atoms with van der Waals surface area (Å²) < 4.78 is 22.0.